The van der Waals surface area contributed by atoms with Crippen LogP contribution in [-0.2, 0) is 9.47 Å². The summed E-state index contributed by atoms with van der Waals surface area (Å²) in [6, 6.07) is 3.75. The first kappa shape index (κ1) is 18.3. The Morgan fingerprint density at radius 1 is 1.30 bits per heavy atom. The molecule has 23 heavy (non-hydrogen) atoms. The van der Waals surface area contributed by atoms with Gasteiger partial charge in [0.15, 0.2) is 0 Å². The first-order chi connectivity index (χ1) is 11.0. The highest BCUT2D eigenvalue weighted by atomic mass is 19.1. The molecule has 4 nitrogen and oxygen atoms in total. The van der Waals surface area contributed by atoms with E-state index in [1.54, 1.807) is 13.8 Å². The Morgan fingerprint density at radius 3 is 2.52 bits per heavy atom. The average molecular weight is 325 g/mol. The van der Waals surface area contributed by atoms with Gasteiger partial charge in [0, 0.05) is 25.8 Å². The van der Waals surface area contributed by atoms with E-state index in [1.807, 2.05) is 19.1 Å². The van der Waals surface area contributed by atoms with Crippen LogP contribution in [0.1, 0.15) is 42.5 Å². The third-order valence-electron chi connectivity index (χ3n) is 4.31. The Morgan fingerprint density at radius 2 is 1.91 bits per heavy atom. The molecule has 2 atom stereocenters. The largest absolute Gasteiger partial charge is 0.389 e. The standard InChI is InChI=1S/C18H28FNO3/c1-12-8-15(9-13(2)18(12)19)14(3)20-10-16(21)11-23-17-4-6-22-7-5-17/h8-9,14,16-17,20-21H,4-7,10-11H2,1-3H3. The van der Waals surface area contributed by atoms with Crippen molar-refractivity contribution in [1.82, 2.24) is 5.32 Å². The Kier molecular flexibility index (Phi) is 6.96. The average Bonchev–Trinajstić information content (AvgIpc) is 2.56. The Labute approximate surface area is 138 Å². The van der Waals surface area contributed by atoms with Crippen molar-refractivity contribution in [3.8, 4) is 0 Å². The second-order valence-corrected chi connectivity index (χ2v) is 6.40. The van der Waals surface area contributed by atoms with Crippen LogP contribution in [0.3, 0.4) is 0 Å². The van der Waals surface area contributed by atoms with Gasteiger partial charge in [0.25, 0.3) is 0 Å². The normalized spacial score (nSPS) is 18.8. The van der Waals surface area contributed by atoms with E-state index in [1.165, 1.54) is 0 Å². The fourth-order valence-corrected chi connectivity index (χ4v) is 2.81. The van der Waals surface area contributed by atoms with Gasteiger partial charge in [-0.25, -0.2) is 4.39 Å². The molecule has 0 aromatic heterocycles. The topological polar surface area (TPSA) is 50.7 Å². The predicted molar refractivity (Wildman–Crippen MR) is 88.1 cm³/mol. The molecule has 1 aromatic carbocycles. The summed E-state index contributed by atoms with van der Waals surface area (Å²) in [5.41, 5.74) is 2.33. The van der Waals surface area contributed by atoms with Crippen molar-refractivity contribution in [1.29, 1.82) is 0 Å². The highest BCUT2D eigenvalue weighted by Crippen LogP contribution is 2.20. The molecule has 0 saturated carbocycles. The van der Waals surface area contributed by atoms with E-state index in [0.29, 0.717) is 24.3 Å². The summed E-state index contributed by atoms with van der Waals surface area (Å²) in [5.74, 6) is -0.147. The third-order valence-corrected chi connectivity index (χ3v) is 4.31. The van der Waals surface area contributed by atoms with Crippen LogP contribution < -0.4 is 5.32 Å². The number of hydrogen-bond acceptors (Lipinski definition) is 4. The molecule has 0 radical (unpaired) electrons. The van der Waals surface area contributed by atoms with Gasteiger partial charge >= 0.3 is 0 Å². The minimum atomic E-state index is -0.553. The number of aliphatic hydroxyl groups excluding tert-OH is 1. The van der Waals surface area contributed by atoms with E-state index in [4.69, 9.17) is 9.47 Å². The second-order valence-electron chi connectivity index (χ2n) is 6.40. The molecule has 1 fully saturated rings. The molecule has 1 aliphatic rings. The molecule has 5 heteroatoms. The van der Waals surface area contributed by atoms with Crippen LogP contribution in [0.4, 0.5) is 4.39 Å². The van der Waals surface area contributed by atoms with E-state index >= 15 is 0 Å². The number of aryl methyl sites for hydroxylation is 2. The molecule has 1 saturated heterocycles. The number of ether oxygens (including phenoxy) is 2. The molecule has 2 N–H and O–H groups in total. The number of rotatable bonds is 7. The molecule has 1 aromatic rings. The molecule has 130 valence electrons. The van der Waals surface area contributed by atoms with Crippen LogP contribution in [0.25, 0.3) is 0 Å². The van der Waals surface area contributed by atoms with Crippen molar-refractivity contribution < 1.29 is 19.0 Å². The van der Waals surface area contributed by atoms with Crippen LogP contribution in [0.2, 0.25) is 0 Å². The summed E-state index contributed by atoms with van der Waals surface area (Å²) < 4.78 is 24.7. The first-order valence-electron chi connectivity index (χ1n) is 8.34. The predicted octanol–water partition coefficient (Wildman–Crippen LogP) is 2.65. The lowest BCUT2D eigenvalue weighted by Gasteiger charge is -2.24. The van der Waals surface area contributed by atoms with E-state index in [2.05, 4.69) is 5.32 Å². The number of nitrogens with one attached hydrogen (secondary N) is 1. The monoisotopic (exact) mass is 325 g/mol. The maximum Gasteiger partial charge on any atom is 0.129 e. The molecule has 2 unspecified atom stereocenters. The van der Waals surface area contributed by atoms with Gasteiger partial charge in [0.2, 0.25) is 0 Å². The lowest BCUT2D eigenvalue weighted by molar-refractivity contribution is -0.0588. The summed E-state index contributed by atoms with van der Waals surface area (Å²) >= 11 is 0. The molecule has 1 aliphatic heterocycles. The smallest absolute Gasteiger partial charge is 0.129 e. The fourth-order valence-electron chi connectivity index (χ4n) is 2.81. The molecular formula is C18H28FNO3. The lowest BCUT2D eigenvalue weighted by Crippen LogP contribution is -2.34. The summed E-state index contributed by atoms with van der Waals surface area (Å²) in [7, 11) is 0. The number of benzene rings is 1. The van der Waals surface area contributed by atoms with Crippen molar-refractivity contribution in [2.24, 2.45) is 0 Å². The molecule has 0 aliphatic carbocycles. The summed E-state index contributed by atoms with van der Waals surface area (Å²) in [4.78, 5) is 0. The Balaban J connectivity index is 1.75. The maximum atomic E-state index is 13.7. The van der Waals surface area contributed by atoms with Crippen molar-refractivity contribution in [2.45, 2.75) is 51.9 Å². The van der Waals surface area contributed by atoms with Gasteiger partial charge in [-0.05, 0) is 50.3 Å². The fraction of sp³-hybridized carbons (Fsp3) is 0.667. The van der Waals surface area contributed by atoms with Gasteiger partial charge in [0.1, 0.15) is 5.82 Å². The molecule has 2 rings (SSSR count). The quantitative estimate of drug-likeness (QED) is 0.809. The lowest BCUT2D eigenvalue weighted by atomic mass is 10.0. The highest BCUT2D eigenvalue weighted by molar-refractivity contribution is 5.32. The molecule has 0 amide bonds. The summed E-state index contributed by atoms with van der Waals surface area (Å²) in [6.45, 7) is 7.80. The number of hydrogen-bond donors (Lipinski definition) is 2. The van der Waals surface area contributed by atoms with Gasteiger partial charge in [-0.3, -0.25) is 0 Å². The Bertz CT molecular complexity index is 480. The van der Waals surface area contributed by atoms with E-state index < -0.39 is 6.10 Å². The van der Waals surface area contributed by atoms with Crippen molar-refractivity contribution >= 4 is 0 Å². The van der Waals surface area contributed by atoms with Gasteiger partial charge in [-0.1, -0.05) is 12.1 Å². The zero-order chi connectivity index (χ0) is 16.8. The summed E-state index contributed by atoms with van der Waals surface area (Å²) in [5, 5.41) is 13.3. The van der Waals surface area contributed by atoms with Crippen molar-refractivity contribution in [3.05, 3.63) is 34.6 Å². The third kappa shape index (κ3) is 5.53. The maximum absolute atomic E-state index is 13.7. The van der Waals surface area contributed by atoms with Gasteiger partial charge < -0.3 is 19.9 Å². The van der Waals surface area contributed by atoms with E-state index in [-0.39, 0.29) is 18.0 Å². The first-order valence-corrected chi connectivity index (χ1v) is 8.34. The summed E-state index contributed by atoms with van der Waals surface area (Å²) in [6.07, 6.45) is 1.43. The second kappa shape index (κ2) is 8.73. The molecular weight excluding hydrogens is 297 g/mol. The molecule has 0 spiro atoms. The van der Waals surface area contributed by atoms with Gasteiger partial charge in [-0.15, -0.1) is 0 Å². The molecule has 1 heterocycles. The highest BCUT2D eigenvalue weighted by Gasteiger charge is 2.17. The van der Waals surface area contributed by atoms with Crippen LogP contribution in [0, 0.1) is 19.7 Å². The van der Waals surface area contributed by atoms with E-state index in [0.717, 1.165) is 31.6 Å². The van der Waals surface area contributed by atoms with Gasteiger partial charge in [-0.2, -0.15) is 0 Å². The molecule has 0 bridgehead atoms. The number of aliphatic hydroxyl groups is 1. The van der Waals surface area contributed by atoms with Crippen molar-refractivity contribution in [3.63, 3.8) is 0 Å². The minimum absolute atomic E-state index is 0.0470. The van der Waals surface area contributed by atoms with Gasteiger partial charge in [0.05, 0.1) is 18.8 Å². The minimum Gasteiger partial charge on any atom is -0.389 e. The van der Waals surface area contributed by atoms with Crippen LogP contribution in [0.5, 0.6) is 0 Å². The number of halogens is 1. The van der Waals surface area contributed by atoms with E-state index in [9.17, 15) is 9.50 Å². The van der Waals surface area contributed by atoms with Crippen molar-refractivity contribution in [2.75, 3.05) is 26.4 Å². The zero-order valence-electron chi connectivity index (χ0n) is 14.3. The van der Waals surface area contributed by atoms with Crippen LogP contribution >= 0.6 is 0 Å². The van der Waals surface area contributed by atoms with Crippen LogP contribution in [-0.4, -0.2) is 43.7 Å². The SMILES string of the molecule is Cc1cc(C(C)NCC(O)COC2CCOCC2)cc(C)c1F. The van der Waals surface area contributed by atoms with Crippen LogP contribution in [0.15, 0.2) is 12.1 Å². The zero-order valence-corrected chi connectivity index (χ0v) is 14.3. The Hall–Kier alpha value is -1.01.